The summed E-state index contributed by atoms with van der Waals surface area (Å²) in [4.78, 5) is 38.7. The zero-order valence-electron chi connectivity index (χ0n) is 15.9. The van der Waals surface area contributed by atoms with Crippen LogP contribution in [0.3, 0.4) is 0 Å². The Kier molecular flexibility index (Phi) is 7.55. The maximum atomic E-state index is 12.8. The standard InChI is InChI=1S/C20H27N3O4/c1-4-18(24)21-16-7-5-6-15(13-16)19(25)22-17(12-14(2)3)20(26)23-8-10-27-11-9-23/h4-7,13-14,17H,1,8-12H2,2-3H3,(H,21,24)(H,22,25)/t17-/m0/s1. The monoisotopic (exact) mass is 373 g/mol. The van der Waals surface area contributed by atoms with Gasteiger partial charge in [-0.05, 0) is 36.6 Å². The Morgan fingerprint density at radius 3 is 2.59 bits per heavy atom. The molecule has 2 N–H and O–H groups in total. The van der Waals surface area contributed by atoms with Gasteiger partial charge < -0.3 is 20.3 Å². The van der Waals surface area contributed by atoms with E-state index in [1.165, 1.54) is 0 Å². The molecule has 27 heavy (non-hydrogen) atoms. The molecule has 0 unspecified atom stereocenters. The van der Waals surface area contributed by atoms with Crippen LogP contribution in [0.15, 0.2) is 36.9 Å². The van der Waals surface area contributed by atoms with Gasteiger partial charge in [0.25, 0.3) is 5.91 Å². The van der Waals surface area contributed by atoms with E-state index in [9.17, 15) is 14.4 Å². The summed E-state index contributed by atoms with van der Waals surface area (Å²) in [7, 11) is 0. The first-order valence-corrected chi connectivity index (χ1v) is 9.11. The van der Waals surface area contributed by atoms with Crippen molar-refractivity contribution < 1.29 is 19.1 Å². The molecule has 1 atom stereocenters. The van der Waals surface area contributed by atoms with Gasteiger partial charge >= 0.3 is 0 Å². The lowest BCUT2D eigenvalue weighted by Crippen LogP contribution is -2.52. The van der Waals surface area contributed by atoms with E-state index in [2.05, 4.69) is 17.2 Å². The molecule has 1 fully saturated rings. The van der Waals surface area contributed by atoms with Crippen molar-refractivity contribution in [2.24, 2.45) is 5.92 Å². The predicted molar refractivity (Wildman–Crippen MR) is 103 cm³/mol. The molecule has 1 heterocycles. The number of carbonyl (C=O) groups is 3. The summed E-state index contributed by atoms with van der Waals surface area (Å²) in [5.74, 6) is -0.542. The average molecular weight is 373 g/mol. The van der Waals surface area contributed by atoms with Gasteiger partial charge in [-0.1, -0.05) is 26.5 Å². The molecule has 0 saturated carbocycles. The first-order chi connectivity index (χ1) is 12.9. The van der Waals surface area contributed by atoms with Crippen LogP contribution in [-0.4, -0.2) is 55.0 Å². The van der Waals surface area contributed by atoms with Crippen molar-refractivity contribution in [3.05, 3.63) is 42.5 Å². The van der Waals surface area contributed by atoms with Crippen LogP contribution in [0.5, 0.6) is 0 Å². The van der Waals surface area contributed by atoms with E-state index < -0.39 is 6.04 Å². The van der Waals surface area contributed by atoms with Crippen molar-refractivity contribution in [3.8, 4) is 0 Å². The van der Waals surface area contributed by atoms with Crippen LogP contribution in [0.2, 0.25) is 0 Å². The minimum atomic E-state index is -0.595. The highest BCUT2D eigenvalue weighted by atomic mass is 16.5. The zero-order chi connectivity index (χ0) is 19.8. The molecule has 3 amide bonds. The Bertz CT molecular complexity index is 696. The summed E-state index contributed by atoms with van der Waals surface area (Å²) in [6.07, 6.45) is 1.71. The van der Waals surface area contributed by atoms with Crippen LogP contribution in [0.25, 0.3) is 0 Å². The molecule has 2 rings (SSSR count). The average Bonchev–Trinajstić information content (AvgIpc) is 2.67. The topological polar surface area (TPSA) is 87.7 Å². The second-order valence-corrected chi connectivity index (χ2v) is 6.87. The Morgan fingerprint density at radius 2 is 1.96 bits per heavy atom. The maximum absolute atomic E-state index is 12.8. The molecule has 7 heteroatoms. The Labute approximate surface area is 159 Å². The molecule has 1 aliphatic heterocycles. The molecular formula is C20H27N3O4. The molecular weight excluding hydrogens is 346 g/mol. The number of morpholine rings is 1. The Morgan fingerprint density at radius 1 is 1.26 bits per heavy atom. The van der Waals surface area contributed by atoms with Gasteiger partial charge in [-0.3, -0.25) is 14.4 Å². The maximum Gasteiger partial charge on any atom is 0.252 e. The van der Waals surface area contributed by atoms with E-state index in [1.807, 2.05) is 13.8 Å². The summed E-state index contributed by atoms with van der Waals surface area (Å²) >= 11 is 0. The number of ether oxygens (including phenoxy) is 1. The predicted octanol–water partition coefficient (Wildman–Crippen LogP) is 1.81. The summed E-state index contributed by atoms with van der Waals surface area (Å²) in [5, 5.41) is 5.47. The third-order valence-electron chi connectivity index (χ3n) is 4.21. The SMILES string of the molecule is C=CC(=O)Nc1cccc(C(=O)N[C@@H](CC(C)C)C(=O)N2CCOCC2)c1. The van der Waals surface area contributed by atoms with Gasteiger partial charge in [0.1, 0.15) is 6.04 Å². The minimum absolute atomic E-state index is 0.0866. The largest absolute Gasteiger partial charge is 0.378 e. The summed E-state index contributed by atoms with van der Waals surface area (Å²) in [5.41, 5.74) is 0.868. The highest BCUT2D eigenvalue weighted by molar-refractivity contribution is 6.01. The molecule has 1 saturated heterocycles. The quantitative estimate of drug-likeness (QED) is 0.714. The fourth-order valence-electron chi connectivity index (χ4n) is 2.87. The van der Waals surface area contributed by atoms with Gasteiger partial charge in [-0.2, -0.15) is 0 Å². The van der Waals surface area contributed by atoms with E-state index in [0.717, 1.165) is 6.08 Å². The van der Waals surface area contributed by atoms with Gasteiger partial charge in [0.15, 0.2) is 0 Å². The summed E-state index contributed by atoms with van der Waals surface area (Å²) < 4.78 is 5.29. The molecule has 1 aromatic carbocycles. The fourth-order valence-corrected chi connectivity index (χ4v) is 2.87. The molecule has 0 radical (unpaired) electrons. The molecule has 146 valence electrons. The second-order valence-electron chi connectivity index (χ2n) is 6.87. The highest BCUT2D eigenvalue weighted by Gasteiger charge is 2.28. The van der Waals surface area contributed by atoms with Crippen LogP contribution < -0.4 is 10.6 Å². The molecule has 0 aliphatic carbocycles. The van der Waals surface area contributed by atoms with E-state index in [-0.39, 0.29) is 23.6 Å². The number of rotatable bonds is 7. The van der Waals surface area contributed by atoms with E-state index in [1.54, 1.807) is 29.2 Å². The summed E-state index contributed by atoms with van der Waals surface area (Å²) in [6, 6.07) is 5.98. The van der Waals surface area contributed by atoms with Crippen LogP contribution in [0, 0.1) is 5.92 Å². The van der Waals surface area contributed by atoms with Crippen LogP contribution >= 0.6 is 0 Å². The molecule has 0 bridgehead atoms. The smallest absolute Gasteiger partial charge is 0.252 e. The van der Waals surface area contributed by atoms with Crippen LogP contribution in [0.4, 0.5) is 5.69 Å². The van der Waals surface area contributed by atoms with Gasteiger partial charge in [0.2, 0.25) is 11.8 Å². The van der Waals surface area contributed by atoms with Gasteiger partial charge in [0.05, 0.1) is 13.2 Å². The van der Waals surface area contributed by atoms with Crippen molar-refractivity contribution in [2.45, 2.75) is 26.3 Å². The number of anilines is 1. The van der Waals surface area contributed by atoms with Crippen molar-refractivity contribution in [1.29, 1.82) is 0 Å². The van der Waals surface area contributed by atoms with Gasteiger partial charge in [-0.15, -0.1) is 0 Å². The van der Waals surface area contributed by atoms with Crippen molar-refractivity contribution in [3.63, 3.8) is 0 Å². The van der Waals surface area contributed by atoms with Crippen LogP contribution in [-0.2, 0) is 14.3 Å². The Balaban J connectivity index is 2.10. The zero-order valence-corrected chi connectivity index (χ0v) is 15.9. The molecule has 7 nitrogen and oxygen atoms in total. The Hall–Kier alpha value is -2.67. The number of nitrogens with zero attached hydrogens (tertiary/aromatic N) is 1. The lowest BCUT2D eigenvalue weighted by Gasteiger charge is -2.31. The lowest BCUT2D eigenvalue weighted by atomic mass is 10.0. The number of hydrogen-bond acceptors (Lipinski definition) is 4. The van der Waals surface area contributed by atoms with Crippen molar-refractivity contribution in [1.82, 2.24) is 10.2 Å². The van der Waals surface area contributed by atoms with E-state index in [4.69, 9.17) is 4.74 Å². The number of benzene rings is 1. The first-order valence-electron chi connectivity index (χ1n) is 9.11. The third-order valence-corrected chi connectivity index (χ3v) is 4.21. The third kappa shape index (κ3) is 6.21. The molecule has 0 aromatic heterocycles. The van der Waals surface area contributed by atoms with Gasteiger partial charge in [-0.25, -0.2) is 0 Å². The second kappa shape index (κ2) is 9.87. The van der Waals surface area contributed by atoms with E-state index >= 15 is 0 Å². The lowest BCUT2D eigenvalue weighted by molar-refractivity contribution is -0.137. The number of hydrogen-bond donors (Lipinski definition) is 2. The normalized spacial score (nSPS) is 15.1. The number of carbonyl (C=O) groups excluding carboxylic acids is 3. The molecule has 1 aromatic rings. The number of amides is 3. The van der Waals surface area contributed by atoms with E-state index in [0.29, 0.717) is 44.0 Å². The molecule has 1 aliphatic rings. The minimum Gasteiger partial charge on any atom is -0.378 e. The first kappa shape index (κ1) is 20.6. The highest BCUT2D eigenvalue weighted by Crippen LogP contribution is 2.14. The molecule has 0 spiro atoms. The number of nitrogens with one attached hydrogen (secondary N) is 2. The fraction of sp³-hybridized carbons (Fsp3) is 0.450. The summed E-state index contributed by atoms with van der Waals surface area (Å²) in [6.45, 7) is 9.52. The van der Waals surface area contributed by atoms with Crippen molar-refractivity contribution in [2.75, 3.05) is 31.6 Å². The van der Waals surface area contributed by atoms with Crippen molar-refractivity contribution >= 4 is 23.4 Å². The van der Waals surface area contributed by atoms with Gasteiger partial charge in [0, 0.05) is 24.3 Å². The van der Waals surface area contributed by atoms with Crippen LogP contribution in [0.1, 0.15) is 30.6 Å².